The molecule has 0 atom stereocenters. The summed E-state index contributed by atoms with van der Waals surface area (Å²) in [5, 5.41) is 6.31. The summed E-state index contributed by atoms with van der Waals surface area (Å²) in [5.74, 6) is 0.179. The van der Waals surface area contributed by atoms with Crippen molar-refractivity contribution in [2.45, 2.75) is 45.7 Å². The van der Waals surface area contributed by atoms with Crippen LogP contribution in [0.3, 0.4) is 0 Å². The van der Waals surface area contributed by atoms with Crippen molar-refractivity contribution in [3.05, 3.63) is 21.4 Å². The average molecular weight is 252 g/mol. The van der Waals surface area contributed by atoms with Crippen LogP contribution in [0.15, 0.2) is 6.07 Å². The number of hydrogen-bond acceptors (Lipinski definition) is 3. The number of nitrogens with one attached hydrogen (secondary N) is 2. The first kappa shape index (κ1) is 12.6. The van der Waals surface area contributed by atoms with E-state index in [0.717, 1.165) is 25.9 Å². The van der Waals surface area contributed by atoms with Gasteiger partial charge < -0.3 is 10.6 Å². The Balaban J connectivity index is 1.60. The van der Waals surface area contributed by atoms with Crippen molar-refractivity contribution in [3.63, 3.8) is 0 Å². The lowest BCUT2D eigenvalue weighted by Crippen LogP contribution is -2.28. The second-order valence-electron chi connectivity index (χ2n) is 4.72. The van der Waals surface area contributed by atoms with Crippen LogP contribution in [-0.4, -0.2) is 18.5 Å². The number of hydrogen-bond donors (Lipinski definition) is 2. The van der Waals surface area contributed by atoms with Crippen LogP contribution in [0.4, 0.5) is 0 Å². The van der Waals surface area contributed by atoms with Gasteiger partial charge in [-0.05, 0) is 38.3 Å². The molecule has 0 aromatic carbocycles. The molecule has 0 spiro atoms. The Hall–Kier alpha value is -0.870. The van der Waals surface area contributed by atoms with Crippen molar-refractivity contribution in [1.82, 2.24) is 10.6 Å². The van der Waals surface area contributed by atoms with E-state index in [1.54, 1.807) is 0 Å². The van der Waals surface area contributed by atoms with E-state index < -0.39 is 0 Å². The molecule has 0 unspecified atom stereocenters. The Morgan fingerprint density at radius 1 is 1.47 bits per heavy atom. The van der Waals surface area contributed by atoms with Crippen molar-refractivity contribution >= 4 is 17.2 Å². The van der Waals surface area contributed by atoms with E-state index in [9.17, 15) is 4.79 Å². The van der Waals surface area contributed by atoms with Crippen LogP contribution >= 0.6 is 11.3 Å². The first-order valence-corrected chi connectivity index (χ1v) is 7.03. The number of amides is 1. The largest absolute Gasteiger partial charge is 0.353 e. The minimum atomic E-state index is 0.179. The van der Waals surface area contributed by atoms with Crippen molar-refractivity contribution in [2.24, 2.45) is 0 Å². The van der Waals surface area contributed by atoms with Crippen LogP contribution in [0, 0.1) is 13.8 Å². The van der Waals surface area contributed by atoms with Crippen LogP contribution in [0.2, 0.25) is 0 Å². The van der Waals surface area contributed by atoms with E-state index >= 15 is 0 Å². The Morgan fingerprint density at radius 2 is 2.24 bits per heavy atom. The molecule has 1 amide bonds. The van der Waals surface area contributed by atoms with E-state index in [0.29, 0.717) is 12.5 Å². The minimum absolute atomic E-state index is 0.179. The third kappa shape index (κ3) is 4.13. The van der Waals surface area contributed by atoms with Gasteiger partial charge in [-0.1, -0.05) is 0 Å². The quantitative estimate of drug-likeness (QED) is 0.762. The molecule has 4 heteroatoms. The summed E-state index contributed by atoms with van der Waals surface area (Å²) in [5.41, 5.74) is 1.36. The normalized spacial score (nSPS) is 14.9. The highest BCUT2D eigenvalue weighted by molar-refractivity contribution is 7.12. The van der Waals surface area contributed by atoms with Gasteiger partial charge in [0, 0.05) is 35.3 Å². The number of carbonyl (C=O) groups is 1. The molecule has 0 radical (unpaired) electrons. The highest BCUT2D eigenvalue weighted by atomic mass is 32.1. The molecular formula is C13H20N2OS. The van der Waals surface area contributed by atoms with Gasteiger partial charge in [0.05, 0.1) is 0 Å². The van der Waals surface area contributed by atoms with Gasteiger partial charge >= 0.3 is 0 Å². The van der Waals surface area contributed by atoms with Crippen LogP contribution in [0.25, 0.3) is 0 Å². The second-order valence-corrected chi connectivity index (χ2v) is 6.06. The monoisotopic (exact) mass is 252 g/mol. The molecule has 1 saturated carbocycles. The highest BCUT2D eigenvalue weighted by Crippen LogP contribution is 2.20. The van der Waals surface area contributed by atoms with Crippen LogP contribution in [-0.2, 0) is 11.3 Å². The highest BCUT2D eigenvalue weighted by Gasteiger charge is 2.22. The average Bonchev–Trinajstić information content (AvgIpc) is 3.02. The predicted molar refractivity (Wildman–Crippen MR) is 71.3 cm³/mol. The number of rotatable bonds is 6. The summed E-state index contributed by atoms with van der Waals surface area (Å²) in [6.45, 7) is 5.91. The second kappa shape index (κ2) is 5.65. The molecule has 0 bridgehead atoms. The van der Waals surface area contributed by atoms with Crippen LogP contribution < -0.4 is 10.6 Å². The third-order valence-electron chi connectivity index (χ3n) is 2.99. The standard InChI is InChI=1S/C13H20N2OS/c1-9-7-12(17-10(9)2)8-14-6-5-13(16)15-11-3-4-11/h7,11,14H,3-6,8H2,1-2H3,(H,15,16). The Morgan fingerprint density at radius 3 is 2.82 bits per heavy atom. The molecule has 1 fully saturated rings. The number of carbonyl (C=O) groups excluding carboxylic acids is 1. The molecule has 2 N–H and O–H groups in total. The maximum atomic E-state index is 11.4. The molecule has 94 valence electrons. The lowest BCUT2D eigenvalue weighted by atomic mass is 10.3. The summed E-state index contributed by atoms with van der Waals surface area (Å²) in [4.78, 5) is 14.1. The van der Waals surface area contributed by atoms with Crippen molar-refractivity contribution in [3.8, 4) is 0 Å². The summed E-state index contributed by atoms with van der Waals surface area (Å²) in [7, 11) is 0. The molecule has 17 heavy (non-hydrogen) atoms. The van der Waals surface area contributed by atoms with Crippen molar-refractivity contribution in [1.29, 1.82) is 0 Å². The third-order valence-corrected chi connectivity index (χ3v) is 4.14. The van der Waals surface area contributed by atoms with Gasteiger partial charge in [0.2, 0.25) is 5.91 Å². The summed E-state index contributed by atoms with van der Waals surface area (Å²) < 4.78 is 0. The lowest BCUT2D eigenvalue weighted by molar-refractivity contribution is -0.121. The molecule has 2 rings (SSSR count). The zero-order chi connectivity index (χ0) is 12.3. The molecule has 3 nitrogen and oxygen atoms in total. The fourth-order valence-corrected chi connectivity index (χ4v) is 2.70. The fraction of sp³-hybridized carbons (Fsp3) is 0.615. The fourth-order valence-electron chi connectivity index (χ4n) is 1.68. The zero-order valence-electron chi connectivity index (χ0n) is 10.5. The molecule has 0 aliphatic heterocycles. The Kier molecular flexibility index (Phi) is 4.18. The van der Waals surface area contributed by atoms with Gasteiger partial charge in [-0.15, -0.1) is 11.3 Å². The van der Waals surface area contributed by atoms with E-state index in [-0.39, 0.29) is 5.91 Å². The van der Waals surface area contributed by atoms with Gasteiger partial charge in [-0.2, -0.15) is 0 Å². The molecule has 1 aliphatic carbocycles. The summed E-state index contributed by atoms with van der Waals surface area (Å²) in [6, 6.07) is 2.70. The SMILES string of the molecule is Cc1cc(CNCCC(=O)NC2CC2)sc1C. The van der Waals surface area contributed by atoms with Crippen LogP contribution in [0.5, 0.6) is 0 Å². The van der Waals surface area contributed by atoms with Crippen LogP contribution in [0.1, 0.15) is 34.6 Å². The molecule has 1 aromatic heterocycles. The van der Waals surface area contributed by atoms with E-state index in [2.05, 4.69) is 30.5 Å². The lowest BCUT2D eigenvalue weighted by Gasteiger charge is -2.04. The maximum Gasteiger partial charge on any atom is 0.221 e. The van der Waals surface area contributed by atoms with E-state index in [4.69, 9.17) is 0 Å². The zero-order valence-corrected chi connectivity index (χ0v) is 11.3. The Labute approximate surface area is 107 Å². The van der Waals surface area contributed by atoms with E-state index in [1.165, 1.54) is 15.3 Å². The molecule has 1 aromatic rings. The van der Waals surface area contributed by atoms with Gasteiger partial charge in [0.15, 0.2) is 0 Å². The maximum absolute atomic E-state index is 11.4. The van der Waals surface area contributed by atoms with Crippen molar-refractivity contribution < 1.29 is 4.79 Å². The molecule has 1 heterocycles. The minimum Gasteiger partial charge on any atom is -0.353 e. The predicted octanol–water partition coefficient (Wildman–Crippen LogP) is 2.12. The van der Waals surface area contributed by atoms with Gasteiger partial charge in [-0.25, -0.2) is 0 Å². The Bertz CT molecular complexity index is 377. The first-order valence-electron chi connectivity index (χ1n) is 6.21. The van der Waals surface area contributed by atoms with Crippen molar-refractivity contribution in [2.75, 3.05) is 6.54 Å². The topological polar surface area (TPSA) is 41.1 Å². The van der Waals surface area contributed by atoms with E-state index in [1.807, 2.05) is 11.3 Å². The molecular weight excluding hydrogens is 232 g/mol. The summed E-state index contributed by atoms with van der Waals surface area (Å²) in [6.07, 6.45) is 2.90. The van der Waals surface area contributed by atoms with Gasteiger partial charge in [0.25, 0.3) is 0 Å². The number of thiophene rings is 1. The smallest absolute Gasteiger partial charge is 0.221 e. The van der Waals surface area contributed by atoms with Gasteiger partial charge in [-0.3, -0.25) is 4.79 Å². The molecule has 0 saturated heterocycles. The first-order chi connectivity index (χ1) is 8.15. The number of aryl methyl sites for hydroxylation is 2. The summed E-state index contributed by atoms with van der Waals surface area (Å²) >= 11 is 1.83. The molecule has 1 aliphatic rings. The van der Waals surface area contributed by atoms with Gasteiger partial charge in [0.1, 0.15) is 0 Å².